The molecule has 1 aromatic carbocycles. The number of aryl methyl sites for hydroxylation is 2. The number of anilines is 1. The molecule has 24 heavy (non-hydrogen) atoms. The number of halogens is 1. The number of carbonyl (C=O) groups is 1. The highest BCUT2D eigenvalue weighted by molar-refractivity contribution is 5.93. The van der Waals surface area contributed by atoms with Crippen molar-refractivity contribution in [3.63, 3.8) is 0 Å². The Labute approximate surface area is 139 Å². The van der Waals surface area contributed by atoms with Gasteiger partial charge in [-0.25, -0.2) is 4.39 Å². The Hall–Kier alpha value is -2.25. The van der Waals surface area contributed by atoms with Gasteiger partial charge in [0.05, 0.1) is 29.7 Å². The number of nitrogens with one attached hydrogen (secondary N) is 2. The van der Waals surface area contributed by atoms with Crippen molar-refractivity contribution < 1.29 is 14.3 Å². The summed E-state index contributed by atoms with van der Waals surface area (Å²) in [6.45, 7) is 4.17. The molecular formula is C17H21FN4O2. The molecule has 7 heteroatoms. The summed E-state index contributed by atoms with van der Waals surface area (Å²) in [5.74, 6) is -0.499. The number of nitrogens with zero attached hydrogens (tertiary/aromatic N) is 2. The Morgan fingerprint density at radius 1 is 1.50 bits per heavy atom. The van der Waals surface area contributed by atoms with Crippen LogP contribution in [-0.2, 0) is 4.79 Å². The smallest absolute Gasteiger partial charge is 0.238 e. The van der Waals surface area contributed by atoms with Crippen molar-refractivity contribution in [3.8, 4) is 0 Å². The number of amides is 1. The molecule has 0 bridgehead atoms. The lowest BCUT2D eigenvalue weighted by atomic mass is 10.0. The highest BCUT2D eigenvalue weighted by Crippen LogP contribution is 2.32. The van der Waals surface area contributed by atoms with Crippen LogP contribution >= 0.6 is 0 Å². The lowest BCUT2D eigenvalue weighted by Gasteiger charge is -2.24. The van der Waals surface area contributed by atoms with Gasteiger partial charge in [-0.05, 0) is 38.0 Å². The second-order valence-electron chi connectivity index (χ2n) is 6.25. The molecule has 0 radical (unpaired) electrons. The van der Waals surface area contributed by atoms with Crippen molar-refractivity contribution in [2.24, 2.45) is 0 Å². The maximum absolute atomic E-state index is 13.5. The standard InChI is InChI=1S/C17H21FN4O2/c1-10-17(11(2)21-20-10)19-16(24)9-22-8-14(23)7-15(22)12-4-3-5-13(18)6-12/h3-6,14-15,23H,7-9H2,1-2H3,(H,19,24)(H,20,21)/t14-,15+/m1/s1. The molecule has 128 valence electrons. The molecule has 1 aromatic heterocycles. The number of likely N-dealkylation sites (tertiary alicyclic amines) is 1. The summed E-state index contributed by atoms with van der Waals surface area (Å²) in [6, 6.07) is 6.13. The van der Waals surface area contributed by atoms with Crippen LogP contribution in [0, 0.1) is 19.7 Å². The van der Waals surface area contributed by atoms with E-state index in [1.807, 2.05) is 24.8 Å². The van der Waals surface area contributed by atoms with E-state index in [1.54, 1.807) is 6.07 Å². The molecular weight excluding hydrogens is 311 g/mol. The van der Waals surface area contributed by atoms with Crippen molar-refractivity contribution in [3.05, 3.63) is 47.0 Å². The topological polar surface area (TPSA) is 81.2 Å². The van der Waals surface area contributed by atoms with Gasteiger partial charge in [0.15, 0.2) is 0 Å². The van der Waals surface area contributed by atoms with Crippen molar-refractivity contribution >= 4 is 11.6 Å². The van der Waals surface area contributed by atoms with Crippen molar-refractivity contribution in [2.75, 3.05) is 18.4 Å². The second kappa shape index (κ2) is 6.70. The number of hydrogen-bond acceptors (Lipinski definition) is 4. The Morgan fingerprint density at radius 2 is 2.29 bits per heavy atom. The summed E-state index contributed by atoms with van der Waals surface area (Å²) >= 11 is 0. The van der Waals surface area contributed by atoms with Crippen LogP contribution < -0.4 is 5.32 Å². The highest BCUT2D eigenvalue weighted by Gasteiger charge is 2.33. The fourth-order valence-electron chi connectivity index (χ4n) is 3.21. The van der Waals surface area contributed by atoms with Gasteiger partial charge in [-0.3, -0.25) is 14.8 Å². The highest BCUT2D eigenvalue weighted by atomic mass is 19.1. The third-order valence-corrected chi connectivity index (χ3v) is 4.35. The van der Waals surface area contributed by atoms with Crippen LogP contribution in [-0.4, -0.2) is 45.3 Å². The Morgan fingerprint density at radius 3 is 2.96 bits per heavy atom. The van der Waals surface area contributed by atoms with Crippen molar-refractivity contribution in [2.45, 2.75) is 32.4 Å². The zero-order chi connectivity index (χ0) is 17.3. The molecule has 1 saturated heterocycles. The normalized spacial score (nSPS) is 21.2. The number of benzene rings is 1. The number of hydrogen-bond donors (Lipinski definition) is 3. The van der Waals surface area contributed by atoms with Gasteiger partial charge in [0, 0.05) is 12.6 Å². The predicted octanol–water partition coefficient (Wildman–Crippen LogP) is 1.91. The van der Waals surface area contributed by atoms with Gasteiger partial charge < -0.3 is 10.4 Å². The van der Waals surface area contributed by atoms with E-state index in [1.165, 1.54) is 12.1 Å². The van der Waals surface area contributed by atoms with Crippen molar-refractivity contribution in [1.29, 1.82) is 0 Å². The van der Waals surface area contributed by atoms with E-state index in [2.05, 4.69) is 15.5 Å². The van der Waals surface area contributed by atoms with Crippen LogP contribution in [0.2, 0.25) is 0 Å². The number of carbonyl (C=O) groups excluding carboxylic acids is 1. The lowest BCUT2D eigenvalue weighted by molar-refractivity contribution is -0.117. The lowest BCUT2D eigenvalue weighted by Crippen LogP contribution is -2.34. The first-order valence-electron chi connectivity index (χ1n) is 7.93. The summed E-state index contributed by atoms with van der Waals surface area (Å²) in [6.07, 6.45) is -0.0380. The fraction of sp³-hybridized carbons (Fsp3) is 0.412. The van der Waals surface area contributed by atoms with E-state index >= 15 is 0 Å². The molecule has 6 nitrogen and oxygen atoms in total. The zero-order valence-electron chi connectivity index (χ0n) is 13.7. The first-order chi connectivity index (χ1) is 11.4. The minimum Gasteiger partial charge on any atom is -0.392 e. The van der Waals surface area contributed by atoms with Gasteiger partial charge in [0.25, 0.3) is 0 Å². The van der Waals surface area contributed by atoms with Gasteiger partial charge in [-0.1, -0.05) is 12.1 Å². The van der Waals surface area contributed by atoms with Crippen LogP contribution in [0.3, 0.4) is 0 Å². The van der Waals surface area contributed by atoms with Crippen LogP contribution in [0.1, 0.15) is 29.4 Å². The van der Waals surface area contributed by atoms with Gasteiger partial charge in [0.1, 0.15) is 5.82 Å². The molecule has 0 aliphatic carbocycles. The van der Waals surface area contributed by atoms with Crippen LogP contribution in [0.5, 0.6) is 0 Å². The molecule has 1 fully saturated rings. The molecule has 2 heterocycles. The van der Waals surface area contributed by atoms with E-state index in [0.29, 0.717) is 18.7 Å². The summed E-state index contributed by atoms with van der Waals surface area (Å²) in [7, 11) is 0. The van der Waals surface area contributed by atoms with Gasteiger partial charge in [0.2, 0.25) is 5.91 Å². The number of rotatable bonds is 4. The molecule has 0 saturated carbocycles. The van der Waals surface area contributed by atoms with E-state index < -0.39 is 6.10 Å². The average molecular weight is 332 g/mol. The molecule has 2 atom stereocenters. The summed E-state index contributed by atoms with van der Waals surface area (Å²) in [5, 5.41) is 19.7. The maximum Gasteiger partial charge on any atom is 0.238 e. The summed E-state index contributed by atoms with van der Waals surface area (Å²) < 4.78 is 13.5. The Kier molecular flexibility index (Phi) is 4.64. The van der Waals surface area contributed by atoms with Crippen LogP contribution in [0.15, 0.2) is 24.3 Å². The zero-order valence-corrected chi connectivity index (χ0v) is 13.7. The molecule has 2 aromatic rings. The van der Waals surface area contributed by atoms with Gasteiger partial charge in [-0.15, -0.1) is 0 Å². The largest absolute Gasteiger partial charge is 0.392 e. The maximum atomic E-state index is 13.5. The first kappa shape index (κ1) is 16.6. The Balaban J connectivity index is 1.71. The Bertz CT molecular complexity index is 726. The molecule has 3 rings (SSSR count). The van der Waals surface area contributed by atoms with E-state index in [4.69, 9.17) is 0 Å². The summed E-state index contributed by atoms with van der Waals surface area (Å²) in [5.41, 5.74) is 2.98. The number of β-amino-alcohol motifs (C(OH)–C–C–N with tert-alkyl or cyclic N) is 1. The quantitative estimate of drug-likeness (QED) is 0.799. The van der Waals surface area contributed by atoms with E-state index in [9.17, 15) is 14.3 Å². The van der Waals surface area contributed by atoms with Crippen molar-refractivity contribution in [1.82, 2.24) is 15.1 Å². The molecule has 1 aliphatic rings. The minimum absolute atomic E-state index is 0.127. The SMILES string of the molecule is Cc1n[nH]c(C)c1NC(=O)CN1C[C@H](O)C[C@H]1c1cccc(F)c1. The molecule has 1 aliphatic heterocycles. The average Bonchev–Trinajstić information content (AvgIpc) is 3.04. The fourth-order valence-corrected chi connectivity index (χ4v) is 3.21. The number of H-pyrrole nitrogens is 1. The second-order valence-corrected chi connectivity index (χ2v) is 6.25. The molecule has 0 unspecified atom stereocenters. The number of aliphatic hydroxyl groups excluding tert-OH is 1. The number of aliphatic hydroxyl groups is 1. The number of aromatic amines is 1. The van der Waals surface area contributed by atoms with E-state index in [0.717, 1.165) is 17.0 Å². The third kappa shape index (κ3) is 3.47. The van der Waals surface area contributed by atoms with Gasteiger partial charge in [-0.2, -0.15) is 5.10 Å². The van der Waals surface area contributed by atoms with Crippen LogP contribution in [0.25, 0.3) is 0 Å². The molecule has 1 amide bonds. The first-order valence-corrected chi connectivity index (χ1v) is 7.93. The third-order valence-electron chi connectivity index (χ3n) is 4.35. The number of aromatic nitrogens is 2. The molecule has 0 spiro atoms. The minimum atomic E-state index is -0.525. The van der Waals surface area contributed by atoms with Gasteiger partial charge >= 0.3 is 0 Å². The summed E-state index contributed by atoms with van der Waals surface area (Å²) in [4.78, 5) is 14.2. The predicted molar refractivity (Wildman–Crippen MR) is 88.0 cm³/mol. The van der Waals surface area contributed by atoms with Crippen LogP contribution in [0.4, 0.5) is 10.1 Å². The van der Waals surface area contributed by atoms with E-state index in [-0.39, 0.29) is 24.3 Å². The monoisotopic (exact) mass is 332 g/mol. The molecule has 3 N–H and O–H groups in total.